The quantitative estimate of drug-likeness (QED) is 0.307. The van der Waals surface area contributed by atoms with Gasteiger partial charge in [0.1, 0.15) is 11.4 Å². The van der Waals surface area contributed by atoms with Crippen LogP contribution in [0.2, 0.25) is 0 Å². The average Bonchev–Trinajstić information content (AvgIpc) is 2.75. The summed E-state index contributed by atoms with van der Waals surface area (Å²) in [5.74, 6) is 0.919. The lowest BCUT2D eigenvalue weighted by Crippen LogP contribution is -2.23. The van der Waals surface area contributed by atoms with Crippen molar-refractivity contribution in [1.29, 1.82) is 0 Å². The predicted octanol–water partition coefficient (Wildman–Crippen LogP) is 7.63. The maximum absolute atomic E-state index is 6.21. The molecule has 1 nitrogen and oxygen atoms in total. The van der Waals surface area contributed by atoms with Crippen molar-refractivity contribution in [2.45, 2.75) is 41.1 Å². The SMILES string of the molecule is CC(C)(C)Oc1ccccc1-c1ccc([S+](c2ccccc2)c2ccccc2)cc1. The van der Waals surface area contributed by atoms with Crippen LogP contribution in [0, 0.1) is 0 Å². The van der Waals surface area contributed by atoms with Crippen molar-refractivity contribution in [2.24, 2.45) is 0 Å². The molecular weight excluding hydrogens is 384 g/mol. The van der Waals surface area contributed by atoms with Gasteiger partial charge in [0.05, 0.1) is 10.9 Å². The minimum Gasteiger partial charge on any atom is -0.488 e. The molecule has 0 bridgehead atoms. The van der Waals surface area contributed by atoms with Crippen molar-refractivity contribution in [3.63, 3.8) is 0 Å². The highest BCUT2D eigenvalue weighted by Crippen LogP contribution is 2.35. The lowest BCUT2D eigenvalue weighted by molar-refractivity contribution is 0.132. The van der Waals surface area contributed by atoms with Gasteiger partial charge in [-0.05, 0) is 80.9 Å². The molecule has 0 radical (unpaired) electrons. The summed E-state index contributed by atoms with van der Waals surface area (Å²) in [4.78, 5) is 3.96. The Hall–Kier alpha value is -2.97. The molecule has 0 fully saturated rings. The lowest BCUT2D eigenvalue weighted by Gasteiger charge is -2.23. The van der Waals surface area contributed by atoms with Crippen molar-refractivity contribution < 1.29 is 4.74 Å². The molecule has 0 saturated heterocycles. The first kappa shape index (κ1) is 20.3. The van der Waals surface area contributed by atoms with E-state index >= 15 is 0 Å². The molecule has 0 amide bonds. The Labute approximate surface area is 182 Å². The maximum Gasteiger partial charge on any atom is 0.166 e. The molecule has 4 rings (SSSR count). The standard InChI is InChI=1S/C28H27OS/c1-28(2,3)29-27-17-11-10-16-26(27)22-18-20-25(21-19-22)30(23-12-6-4-7-13-23)24-14-8-5-9-15-24/h4-21H,1-3H3/q+1. The van der Waals surface area contributed by atoms with Crippen LogP contribution in [-0.2, 0) is 10.9 Å². The number of hydrogen-bond donors (Lipinski definition) is 0. The molecule has 0 N–H and O–H groups in total. The van der Waals surface area contributed by atoms with Crippen LogP contribution in [0.3, 0.4) is 0 Å². The Morgan fingerprint density at radius 2 is 1.00 bits per heavy atom. The Balaban J connectivity index is 1.72. The van der Waals surface area contributed by atoms with Crippen LogP contribution in [-0.4, -0.2) is 5.60 Å². The highest BCUT2D eigenvalue weighted by molar-refractivity contribution is 7.97. The van der Waals surface area contributed by atoms with Crippen LogP contribution in [0.1, 0.15) is 20.8 Å². The van der Waals surface area contributed by atoms with E-state index in [9.17, 15) is 0 Å². The molecule has 30 heavy (non-hydrogen) atoms. The summed E-state index contributed by atoms with van der Waals surface area (Å²) in [7, 11) is -0.132. The molecule has 0 heterocycles. The highest BCUT2D eigenvalue weighted by Gasteiger charge is 2.28. The Bertz CT molecular complexity index is 1040. The summed E-state index contributed by atoms with van der Waals surface area (Å²) in [5.41, 5.74) is 2.06. The largest absolute Gasteiger partial charge is 0.488 e. The van der Waals surface area contributed by atoms with Crippen LogP contribution in [0.25, 0.3) is 11.1 Å². The van der Waals surface area contributed by atoms with Gasteiger partial charge in [0.15, 0.2) is 14.7 Å². The third kappa shape index (κ3) is 4.77. The van der Waals surface area contributed by atoms with Crippen LogP contribution in [0.4, 0.5) is 0 Å². The summed E-state index contributed by atoms with van der Waals surface area (Å²) < 4.78 is 6.21. The first-order chi connectivity index (χ1) is 14.5. The van der Waals surface area contributed by atoms with E-state index in [0.29, 0.717) is 0 Å². The number of rotatable bonds is 5. The fourth-order valence-corrected chi connectivity index (χ4v) is 5.50. The molecule has 0 aliphatic rings. The van der Waals surface area contributed by atoms with Gasteiger partial charge in [-0.1, -0.05) is 54.6 Å². The third-order valence-electron chi connectivity index (χ3n) is 4.66. The van der Waals surface area contributed by atoms with Gasteiger partial charge >= 0.3 is 0 Å². The molecule has 0 aliphatic carbocycles. The van der Waals surface area contributed by atoms with Crippen LogP contribution < -0.4 is 4.74 Å². The summed E-state index contributed by atoms with van der Waals surface area (Å²) in [6.07, 6.45) is 0. The normalized spacial score (nSPS) is 11.5. The molecule has 4 aromatic rings. The van der Waals surface area contributed by atoms with Gasteiger partial charge in [-0.3, -0.25) is 0 Å². The molecule has 0 aromatic heterocycles. The maximum atomic E-state index is 6.21. The minimum atomic E-state index is -0.233. The van der Waals surface area contributed by atoms with Crippen LogP contribution in [0.5, 0.6) is 5.75 Å². The van der Waals surface area contributed by atoms with Gasteiger partial charge in [0, 0.05) is 5.56 Å². The fourth-order valence-electron chi connectivity index (χ4n) is 3.42. The molecule has 0 aliphatic heterocycles. The van der Waals surface area contributed by atoms with Crippen molar-refractivity contribution in [3.8, 4) is 16.9 Å². The van der Waals surface area contributed by atoms with E-state index in [-0.39, 0.29) is 16.5 Å². The van der Waals surface area contributed by atoms with Crippen molar-refractivity contribution in [3.05, 3.63) is 109 Å². The highest BCUT2D eigenvalue weighted by atomic mass is 32.2. The Kier molecular flexibility index (Phi) is 5.96. The molecule has 0 atom stereocenters. The van der Waals surface area contributed by atoms with Crippen molar-refractivity contribution in [1.82, 2.24) is 0 Å². The van der Waals surface area contributed by atoms with E-state index in [1.807, 2.05) is 12.1 Å². The first-order valence-corrected chi connectivity index (χ1v) is 11.5. The van der Waals surface area contributed by atoms with E-state index in [4.69, 9.17) is 4.74 Å². The van der Waals surface area contributed by atoms with Crippen LogP contribution >= 0.6 is 0 Å². The predicted molar refractivity (Wildman–Crippen MR) is 127 cm³/mol. The zero-order valence-corrected chi connectivity index (χ0v) is 18.5. The van der Waals surface area contributed by atoms with E-state index < -0.39 is 0 Å². The number of para-hydroxylation sites is 1. The lowest BCUT2D eigenvalue weighted by atomic mass is 10.0. The molecule has 0 unspecified atom stereocenters. The third-order valence-corrected chi connectivity index (χ3v) is 6.89. The zero-order valence-electron chi connectivity index (χ0n) is 17.7. The second-order valence-electron chi connectivity index (χ2n) is 8.17. The van der Waals surface area contributed by atoms with Gasteiger partial charge < -0.3 is 4.74 Å². The van der Waals surface area contributed by atoms with Gasteiger partial charge in [0.25, 0.3) is 0 Å². The van der Waals surface area contributed by atoms with E-state index in [0.717, 1.165) is 11.3 Å². The summed E-state index contributed by atoms with van der Waals surface area (Å²) in [6.45, 7) is 6.24. The summed E-state index contributed by atoms with van der Waals surface area (Å²) >= 11 is 0. The zero-order chi connectivity index (χ0) is 21.0. The smallest absolute Gasteiger partial charge is 0.166 e. The van der Waals surface area contributed by atoms with Crippen molar-refractivity contribution in [2.75, 3.05) is 0 Å². The molecule has 4 aromatic carbocycles. The van der Waals surface area contributed by atoms with E-state index in [1.165, 1.54) is 20.2 Å². The van der Waals surface area contributed by atoms with Gasteiger partial charge in [-0.15, -0.1) is 0 Å². The Morgan fingerprint density at radius 3 is 1.53 bits per heavy atom. The fraction of sp³-hybridized carbons (Fsp3) is 0.143. The average molecular weight is 412 g/mol. The molecule has 2 heteroatoms. The second-order valence-corrected chi connectivity index (χ2v) is 10.2. The molecule has 0 saturated carbocycles. The van der Waals surface area contributed by atoms with Gasteiger partial charge in [-0.2, -0.15) is 0 Å². The molecular formula is C28H27OS+. The number of hydrogen-bond acceptors (Lipinski definition) is 1. The minimum absolute atomic E-state index is 0.132. The van der Waals surface area contributed by atoms with Crippen LogP contribution in [0.15, 0.2) is 124 Å². The molecule has 0 spiro atoms. The number of benzene rings is 4. The summed E-state index contributed by atoms with van der Waals surface area (Å²) in [5, 5.41) is 0. The summed E-state index contributed by atoms with van der Waals surface area (Å²) in [6, 6.07) is 38.7. The van der Waals surface area contributed by atoms with Crippen molar-refractivity contribution >= 4 is 10.9 Å². The monoisotopic (exact) mass is 411 g/mol. The van der Waals surface area contributed by atoms with Gasteiger partial charge in [0.2, 0.25) is 0 Å². The van der Waals surface area contributed by atoms with E-state index in [1.54, 1.807) is 0 Å². The first-order valence-electron chi connectivity index (χ1n) is 10.2. The van der Waals surface area contributed by atoms with E-state index in [2.05, 4.69) is 118 Å². The molecule has 150 valence electrons. The van der Waals surface area contributed by atoms with Gasteiger partial charge in [-0.25, -0.2) is 0 Å². The second kappa shape index (κ2) is 8.81. The Morgan fingerprint density at radius 1 is 0.533 bits per heavy atom. The number of ether oxygens (including phenoxy) is 1. The topological polar surface area (TPSA) is 9.23 Å².